The standard InChI is InChI=1S/C72H116NO8P/c1-6-8-10-12-14-16-18-20-22-24-26-28-29-30-31-32-33-34-35-36-37-38-39-40-41-42-43-45-47-49-51-53-55-57-59-61-63-65-72(75)81-70(69-80-82(76,77)79-67-66-73(3,4)5)68-78-71(74)64-62-60-58-56-54-52-50-48-46-44-27-25-23-21-19-17-15-13-11-9-7-2/h8-11,14-17,20-23,26-28,30-31,33-34,36-37,39-40,44,48,50,54,56,70H,6-7,12-13,18-19,24-25,29,32,35,38,41-43,45-47,49,51-53,55,57-69H2,1-5H3/b10-8-,11-9-,16-14-,17-15-,22-20-,23-21-,28-26-,31-30-,34-33-,37-36-,40-39-,44-27-,50-48-,56-54-. The van der Waals surface area contributed by atoms with Gasteiger partial charge in [-0.1, -0.05) is 248 Å². The van der Waals surface area contributed by atoms with Gasteiger partial charge in [0.25, 0.3) is 7.82 Å². The Balaban J connectivity index is 4.18. The highest BCUT2D eigenvalue weighted by Crippen LogP contribution is 2.38. The maximum absolute atomic E-state index is 12.8. The topological polar surface area (TPSA) is 111 Å². The van der Waals surface area contributed by atoms with E-state index in [1.807, 2.05) is 21.1 Å². The second kappa shape index (κ2) is 60.9. The van der Waals surface area contributed by atoms with Crippen molar-refractivity contribution in [1.29, 1.82) is 0 Å². The minimum atomic E-state index is -4.66. The molecule has 0 heterocycles. The van der Waals surface area contributed by atoms with Crippen LogP contribution >= 0.6 is 7.82 Å². The Morgan fingerprint density at radius 2 is 0.659 bits per heavy atom. The van der Waals surface area contributed by atoms with Crippen LogP contribution in [0.15, 0.2) is 170 Å². The fourth-order valence-electron chi connectivity index (χ4n) is 7.91. The first-order valence-corrected chi connectivity index (χ1v) is 33.3. The SMILES string of the molecule is CC/C=C\C/C=C\C/C=C\C/C=C\C/C=C\C/C=C\C/C=C\C/C=C\CCCCCCCCCCCCCCC(=O)OC(COC(=O)CCCC/C=C\C/C=C\C/C=C\C/C=C\C/C=C\C/C=C\CC)COP(=O)([O-])OCC[N+](C)(C)C. The fourth-order valence-corrected chi connectivity index (χ4v) is 8.64. The number of rotatable bonds is 56. The van der Waals surface area contributed by atoms with E-state index in [-0.39, 0.29) is 26.1 Å². The first-order valence-electron chi connectivity index (χ1n) is 31.8. The lowest BCUT2D eigenvalue weighted by Crippen LogP contribution is -2.37. The largest absolute Gasteiger partial charge is 0.756 e. The monoisotopic (exact) mass is 1150 g/mol. The summed E-state index contributed by atoms with van der Waals surface area (Å²) in [5.41, 5.74) is 0. The molecule has 2 unspecified atom stereocenters. The summed E-state index contributed by atoms with van der Waals surface area (Å²) in [5, 5.41) is 0. The van der Waals surface area contributed by atoms with Gasteiger partial charge < -0.3 is 27.9 Å². The number of phosphoric acid groups is 1. The second-order valence-corrected chi connectivity index (χ2v) is 23.1. The predicted molar refractivity (Wildman–Crippen MR) is 350 cm³/mol. The van der Waals surface area contributed by atoms with Crippen LogP contribution in [0.25, 0.3) is 0 Å². The lowest BCUT2D eigenvalue weighted by Gasteiger charge is -2.28. The average Bonchev–Trinajstić information content (AvgIpc) is 3.46. The molecule has 0 radical (unpaired) electrons. The molecule has 0 aromatic rings. The highest BCUT2D eigenvalue weighted by molar-refractivity contribution is 7.45. The molecular weight excluding hydrogens is 1040 g/mol. The van der Waals surface area contributed by atoms with Crippen LogP contribution in [0.1, 0.15) is 219 Å². The number of likely N-dealkylation sites (N-methyl/N-ethyl adjacent to an activating group) is 1. The van der Waals surface area contributed by atoms with E-state index in [0.717, 1.165) is 128 Å². The van der Waals surface area contributed by atoms with Gasteiger partial charge in [-0.25, -0.2) is 0 Å². The van der Waals surface area contributed by atoms with Gasteiger partial charge in [-0.3, -0.25) is 14.2 Å². The van der Waals surface area contributed by atoms with E-state index in [1.165, 1.54) is 51.4 Å². The van der Waals surface area contributed by atoms with E-state index in [2.05, 4.69) is 184 Å². The summed E-state index contributed by atoms with van der Waals surface area (Å²) in [4.78, 5) is 37.9. The van der Waals surface area contributed by atoms with E-state index in [9.17, 15) is 19.0 Å². The van der Waals surface area contributed by atoms with E-state index >= 15 is 0 Å². The third-order valence-corrected chi connectivity index (χ3v) is 13.7. The zero-order valence-corrected chi connectivity index (χ0v) is 53.3. The lowest BCUT2D eigenvalue weighted by atomic mass is 10.0. The van der Waals surface area contributed by atoms with Gasteiger partial charge >= 0.3 is 11.9 Å². The van der Waals surface area contributed by atoms with Gasteiger partial charge in [-0.2, -0.15) is 0 Å². The first kappa shape index (κ1) is 77.4. The van der Waals surface area contributed by atoms with Crippen molar-refractivity contribution >= 4 is 19.8 Å². The van der Waals surface area contributed by atoms with Gasteiger partial charge in [-0.15, -0.1) is 0 Å². The molecule has 0 aliphatic heterocycles. The molecule has 0 aromatic carbocycles. The molecule has 10 heteroatoms. The highest BCUT2D eigenvalue weighted by Gasteiger charge is 2.21. The zero-order chi connectivity index (χ0) is 59.8. The van der Waals surface area contributed by atoms with Crippen molar-refractivity contribution in [3.63, 3.8) is 0 Å². The Morgan fingerprint density at radius 1 is 0.378 bits per heavy atom. The molecule has 0 fully saturated rings. The molecule has 0 amide bonds. The number of hydrogen-bond donors (Lipinski definition) is 0. The van der Waals surface area contributed by atoms with Crippen molar-refractivity contribution < 1.29 is 42.1 Å². The van der Waals surface area contributed by atoms with Crippen molar-refractivity contribution in [1.82, 2.24) is 0 Å². The molecule has 0 bridgehead atoms. The molecular formula is C72H116NO8P. The second-order valence-electron chi connectivity index (χ2n) is 21.7. The quantitative estimate of drug-likeness (QED) is 0.0195. The number of allylic oxidation sites excluding steroid dienone is 28. The van der Waals surface area contributed by atoms with Crippen LogP contribution in [0.2, 0.25) is 0 Å². The van der Waals surface area contributed by atoms with Crippen molar-refractivity contribution in [2.75, 3.05) is 47.5 Å². The summed E-state index contributed by atoms with van der Waals surface area (Å²) in [6, 6.07) is 0. The molecule has 82 heavy (non-hydrogen) atoms. The number of quaternary nitrogens is 1. The molecule has 462 valence electrons. The number of hydrogen-bond acceptors (Lipinski definition) is 8. The number of ether oxygens (including phenoxy) is 2. The summed E-state index contributed by atoms with van der Waals surface area (Å²) < 4.78 is 34.2. The Hall–Kier alpha value is -4.63. The van der Waals surface area contributed by atoms with Crippen LogP contribution < -0.4 is 4.89 Å². The average molecular weight is 1150 g/mol. The molecule has 0 aliphatic rings. The third-order valence-electron chi connectivity index (χ3n) is 12.7. The summed E-state index contributed by atoms with van der Waals surface area (Å²) in [6.07, 6.45) is 92.7. The Labute approximate surface area is 502 Å². The third kappa shape index (κ3) is 64.5. The summed E-state index contributed by atoms with van der Waals surface area (Å²) in [7, 11) is 1.12. The molecule has 0 saturated heterocycles. The number of esters is 2. The minimum absolute atomic E-state index is 0.0475. The van der Waals surface area contributed by atoms with Crippen molar-refractivity contribution in [3.05, 3.63) is 170 Å². The number of unbranched alkanes of at least 4 members (excludes halogenated alkanes) is 14. The normalized spacial score (nSPS) is 14.4. The van der Waals surface area contributed by atoms with E-state index < -0.39 is 32.5 Å². The predicted octanol–water partition coefficient (Wildman–Crippen LogP) is 20.0. The number of carbonyl (C=O) groups excluding carboxylic acids is 2. The van der Waals surface area contributed by atoms with Gasteiger partial charge in [0.2, 0.25) is 0 Å². The fraction of sp³-hybridized carbons (Fsp3) is 0.583. The Morgan fingerprint density at radius 3 is 1.00 bits per heavy atom. The Kier molecular flexibility index (Phi) is 57.5. The zero-order valence-electron chi connectivity index (χ0n) is 52.4. The maximum atomic E-state index is 12.8. The van der Waals surface area contributed by atoms with Crippen molar-refractivity contribution in [3.8, 4) is 0 Å². The van der Waals surface area contributed by atoms with Gasteiger partial charge in [0.1, 0.15) is 19.8 Å². The lowest BCUT2D eigenvalue weighted by molar-refractivity contribution is -0.870. The van der Waals surface area contributed by atoms with E-state index in [0.29, 0.717) is 23.9 Å². The molecule has 0 N–H and O–H groups in total. The summed E-state index contributed by atoms with van der Waals surface area (Å²) >= 11 is 0. The molecule has 0 spiro atoms. The van der Waals surface area contributed by atoms with Crippen LogP contribution in [0.5, 0.6) is 0 Å². The summed E-state index contributed by atoms with van der Waals surface area (Å²) in [6.45, 7) is 3.93. The molecule has 0 aromatic heterocycles. The van der Waals surface area contributed by atoms with E-state index in [1.54, 1.807) is 0 Å². The molecule has 0 aliphatic carbocycles. The van der Waals surface area contributed by atoms with Crippen LogP contribution in [-0.4, -0.2) is 70.0 Å². The van der Waals surface area contributed by atoms with Gasteiger partial charge in [-0.05, 0) is 128 Å². The van der Waals surface area contributed by atoms with Gasteiger partial charge in [0, 0.05) is 12.8 Å². The molecule has 9 nitrogen and oxygen atoms in total. The number of phosphoric ester groups is 1. The summed E-state index contributed by atoms with van der Waals surface area (Å²) in [5.74, 6) is -0.898. The first-order chi connectivity index (χ1) is 40.0. The minimum Gasteiger partial charge on any atom is -0.756 e. The van der Waals surface area contributed by atoms with Crippen LogP contribution in [0.3, 0.4) is 0 Å². The maximum Gasteiger partial charge on any atom is 0.306 e. The van der Waals surface area contributed by atoms with Gasteiger partial charge in [0.15, 0.2) is 6.10 Å². The van der Waals surface area contributed by atoms with E-state index in [4.69, 9.17) is 18.5 Å². The number of carbonyl (C=O) groups is 2. The van der Waals surface area contributed by atoms with Crippen molar-refractivity contribution in [2.45, 2.75) is 225 Å². The van der Waals surface area contributed by atoms with Crippen LogP contribution in [0, 0.1) is 0 Å². The molecule has 0 rings (SSSR count). The van der Waals surface area contributed by atoms with Gasteiger partial charge in [0.05, 0.1) is 27.7 Å². The molecule has 2 atom stereocenters. The van der Waals surface area contributed by atoms with Crippen LogP contribution in [0.4, 0.5) is 0 Å². The van der Waals surface area contributed by atoms with Crippen molar-refractivity contribution in [2.24, 2.45) is 0 Å². The molecule has 0 saturated carbocycles. The van der Waals surface area contributed by atoms with Crippen LogP contribution in [-0.2, 0) is 32.7 Å². The highest BCUT2D eigenvalue weighted by atomic mass is 31.2. The smallest absolute Gasteiger partial charge is 0.306 e. The Bertz CT molecular complexity index is 1990. The number of nitrogens with zero attached hydrogens (tertiary/aromatic N) is 1.